The summed E-state index contributed by atoms with van der Waals surface area (Å²) in [7, 11) is 1.71. The van der Waals surface area contributed by atoms with Crippen LogP contribution in [0.1, 0.15) is 51.0 Å². The van der Waals surface area contributed by atoms with Crippen LogP contribution in [-0.4, -0.2) is 7.11 Å². The van der Waals surface area contributed by atoms with E-state index >= 15 is 0 Å². The van der Waals surface area contributed by atoms with Gasteiger partial charge in [0.05, 0.1) is 7.11 Å². The van der Waals surface area contributed by atoms with Gasteiger partial charge in [-0.25, -0.2) is 0 Å². The van der Waals surface area contributed by atoms with Gasteiger partial charge in [-0.2, -0.15) is 0 Å². The van der Waals surface area contributed by atoms with Crippen molar-refractivity contribution in [3.05, 3.63) is 28.8 Å². The summed E-state index contributed by atoms with van der Waals surface area (Å²) in [4.78, 5) is 0. The smallest absolute Gasteiger partial charge is 0.122 e. The Kier molecular flexibility index (Phi) is 5.68. The Bertz CT molecular complexity index is 323. The van der Waals surface area contributed by atoms with Gasteiger partial charge < -0.3 is 4.74 Å². The van der Waals surface area contributed by atoms with E-state index in [4.69, 9.17) is 16.3 Å². The highest BCUT2D eigenvalue weighted by atomic mass is 35.5. The van der Waals surface area contributed by atoms with Crippen molar-refractivity contribution >= 4 is 11.6 Å². The molecular formula is C14H21ClO. The molecule has 16 heavy (non-hydrogen) atoms. The molecule has 1 atom stereocenters. The fourth-order valence-electron chi connectivity index (χ4n) is 1.95. The number of ether oxygens (including phenoxy) is 1. The second-order valence-corrected chi connectivity index (χ2v) is 4.72. The minimum Gasteiger partial charge on any atom is -0.496 e. The predicted octanol–water partition coefficient (Wildman–Crippen LogP) is 5.03. The Morgan fingerprint density at radius 1 is 1.31 bits per heavy atom. The largest absolute Gasteiger partial charge is 0.496 e. The summed E-state index contributed by atoms with van der Waals surface area (Å²) >= 11 is 6.02. The predicted molar refractivity (Wildman–Crippen MR) is 70.6 cm³/mol. The molecule has 0 aliphatic rings. The summed E-state index contributed by atoms with van der Waals surface area (Å²) in [5, 5.41) is 0.790. The van der Waals surface area contributed by atoms with E-state index in [0.717, 1.165) is 10.8 Å². The molecule has 0 N–H and O–H groups in total. The van der Waals surface area contributed by atoms with Crippen molar-refractivity contribution in [1.29, 1.82) is 0 Å². The molecule has 0 aliphatic carbocycles. The van der Waals surface area contributed by atoms with Crippen LogP contribution in [-0.2, 0) is 0 Å². The number of unbranched alkanes of at least 4 members (excludes halogenated alkanes) is 2. The van der Waals surface area contributed by atoms with Gasteiger partial charge in [0.15, 0.2) is 0 Å². The van der Waals surface area contributed by atoms with E-state index in [9.17, 15) is 0 Å². The summed E-state index contributed by atoms with van der Waals surface area (Å²) in [6.07, 6.45) is 5.03. The Hall–Kier alpha value is -0.690. The second kappa shape index (κ2) is 6.80. The lowest BCUT2D eigenvalue weighted by Gasteiger charge is -2.15. The molecule has 2 heteroatoms. The van der Waals surface area contributed by atoms with E-state index in [-0.39, 0.29) is 0 Å². The molecule has 0 bridgehead atoms. The SMILES string of the molecule is CCCCCC(C)c1cc(Cl)ccc1OC. The van der Waals surface area contributed by atoms with Gasteiger partial charge >= 0.3 is 0 Å². The molecule has 0 fully saturated rings. The topological polar surface area (TPSA) is 9.23 Å². The lowest BCUT2D eigenvalue weighted by molar-refractivity contribution is 0.404. The number of hydrogen-bond acceptors (Lipinski definition) is 1. The van der Waals surface area contributed by atoms with Gasteiger partial charge in [-0.3, -0.25) is 0 Å². The van der Waals surface area contributed by atoms with Crippen LogP contribution >= 0.6 is 11.6 Å². The quantitative estimate of drug-likeness (QED) is 0.634. The van der Waals surface area contributed by atoms with Crippen LogP contribution in [0.5, 0.6) is 5.75 Å². The lowest BCUT2D eigenvalue weighted by Crippen LogP contribution is -1.98. The Morgan fingerprint density at radius 3 is 2.69 bits per heavy atom. The fraction of sp³-hybridized carbons (Fsp3) is 0.571. The zero-order valence-corrected chi connectivity index (χ0v) is 11.2. The van der Waals surface area contributed by atoms with Gasteiger partial charge in [-0.05, 0) is 36.1 Å². The van der Waals surface area contributed by atoms with Gasteiger partial charge in [-0.15, -0.1) is 0 Å². The van der Waals surface area contributed by atoms with Gasteiger partial charge in [0.2, 0.25) is 0 Å². The first kappa shape index (κ1) is 13.4. The third kappa shape index (κ3) is 3.71. The highest BCUT2D eigenvalue weighted by molar-refractivity contribution is 6.30. The Balaban J connectivity index is 2.72. The zero-order chi connectivity index (χ0) is 12.0. The van der Waals surface area contributed by atoms with Crippen LogP contribution in [0.25, 0.3) is 0 Å². The summed E-state index contributed by atoms with van der Waals surface area (Å²) in [5.74, 6) is 1.47. The molecule has 0 aliphatic heterocycles. The van der Waals surface area contributed by atoms with Crippen LogP contribution in [0, 0.1) is 0 Å². The van der Waals surface area contributed by atoms with Crippen LogP contribution in [0.4, 0.5) is 0 Å². The highest BCUT2D eigenvalue weighted by Gasteiger charge is 2.11. The van der Waals surface area contributed by atoms with Crippen molar-refractivity contribution < 1.29 is 4.74 Å². The molecule has 1 unspecified atom stereocenters. The highest BCUT2D eigenvalue weighted by Crippen LogP contribution is 2.32. The molecule has 1 rings (SSSR count). The standard InChI is InChI=1S/C14H21ClO/c1-4-5-6-7-11(2)13-10-12(15)8-9-14(13)16-3/h8-11H,4-7H2,1-3H3. The second-order valence-electron chi connectivity index (χ2n) is 4.28. The first-order valence-corrected chi connectivity index (χ1v) is 6.40. The van der Waals surface area contributed by atoms with Crippen molar-refractivity contribution in [2.24, 2.45) is 0 Å². The molecule has 1 nitrogen and oxygen atoms in total. The number of halogens is 1. The molecule has 0 saturated carbocycles. The van der Waals surface area contributed by atoms with Crippen molar-refractivity contribution in [2.45, 2.75) is 45.4 Å². The molecule has 0 radical (unpaired) electrons. The monoisotopic (exact) mass is 240 g/mol. The molecule has 0 heterocycles. The van der Waals surface area contributed by atoms with E-state index in [2.05, 4.69) is 13.8 Å². The summed E-state index contributed by atoms with van der Waals surface area (Å²) in [6, 6.07) is 5.85. The van der Waals surface area contributed by atoms with Crippen LogP contribution in [0.15, 0.2) is 18.2 Å². The van der Waals surface area contributed by atoms with Crippen molar-refractivity contribution in [3.63, 3.8) is 0 Å². The van der Waals surface area contributed by atoms with E-state index < -0.39 is 0 Å². The normalized spacial score (nSPS) is 12.5. The van der Waals surface area contributed by atoms with Crippen molar-refractivity contribution in [1.82, 2.24) is 0 Å². The molecule has 90 valence electrons. The Morgan fingerprint density at radius 2 is 2.06 bits per heavy atom. The average Bonchev–Trinajstić information content (AvgIpc) is 2.29. The average molecular weight is 241 g/mol. The fourth-order valence-corrected chi connectivity index (χ4v) is 2.13. The van der Waals surface area contributed by atoms with E-state index in [1.807, 2.05) is 18.2 Å². The molecule has 0 spiro atoms. The minimum atomic E-state index is 0.514. The van der Waals surface area contributed by atoms with Gasteiger partial charge in [-0.1, -0.05) is 44.7 Å². The van der Waals surface area contributed by atoms with Gasteiger partial charge in [0, 0.05) is 5.02 Å². The van der Waals surface area contributed by atoms with Crippen LogP contribution < -0.4 is 4.74 Å². The van der Waals surface area contributed by atoms with E-state index in [1.54, 1.807) is 7.11 Å². The molecule has 0 amide bonds. The lowest BCUT2D eigenvalue weighted by atomic mass is 9.94. The van der Waals surface area contributed by atoms with Gasteiger partial charge in [0.1, 0.15) is 5.75 Å². The number of hydrogen-bond donors (Lipinski definition) is 0. The van der Waals surface area contributed by atoms with Crippen molar-refractivity contribution in [3.8, 4) is 5.75 Å². The third-order valence-electron chi connectivity index (χ3n) is 2.96. The first-order valence-electron chi connectivity index (χ1n) is 6.02. The minimum absolute atomic E-state index is 0.514. The maximum atomic E-state index is 6.02. The van der Waals surface area contributed by atoms with E-state index in [0.29, 0.717) is 5.92 Å². The number of rotatable bonds is 6. The maximum Gasteiger partial charge on any atom is 0.122 e. The number of methoxy groups -OCH3 is 1. The Labute approximate surface area is 104 Å². The molecular weight excluding hydrogens is 220 g/mol. The maximum absolute atomic E-state index is 6.02. The van der Waals surface area contributed by atoms with Gasteiger partial charge in [0.25, 0.3) is 0 Å². The first-order chi connectivity index (χ1) is 7.69. The van der Waals surface area contributed by atoms with Crippen molar-refractivity contribution in [2.75, 3.05) is 7.11 Å². The molecule has 1 aromatic carbocycles. The summed E-state index contributed by atoms with van der Waals surface area (Å²) in [5.41, 5.74) is 1.23. The zero-order valence-electron chi connectivity index (χ0n) is 10.4. The van der Waals surface area contributed by atoms with Crippen LogP contribution in [0.2, 0.25) is 5.02 Å². The third-order valence-corrected chi connectivity index (χ3v) is 3.20. The molecule has 1 aromatic rings. The molecule has 0 aromatic heterocycles. The molecule has 0 saturated heterocycles. The summed E-state index contributed by atoms with van der Waals surface area (Å²) in [6.45, 7) is 4.47. The summed E-state index contributed by atoms with van der Waals surface area (Å²) < 4.78 is 5.37. The van der Waals surface area contributed by atoms with Crippen LogP contribution in [0.3, 0.4) is 0 Å². The number of benzene rings is 1. The van der Waals surface area contributed by atoms with E-state index in [1.165, 1.54) is 31.2 Å².